The van der Waals surface area contributed by atoms with Gasteiger partial charge >= 0.3 is 6.01 Å². The zero-order chi connectivity index (χ0) is 22.2. The van der Waals surface area contributed by atoms with Gasteiger partial charge in [0.1, 0.15) is 6.61 Å². The highest BCUT2D eigenvalue weighted by molar-refractivity contribution is 5.98. The molecule has 0 radical (unpaired) electrons. The Morgan fingerprint density at radius 1 is 1.09 bits per heavy atom. The number of ether oxygens (including phenoxy) is 1. The predicted octanol–water partition coefficient (Wildman–Crippen LogP) is 3.66. The molecule has 0 saturated carbocycles. The fraction of sp³-hybridized carbons (Fsp3) is 0.167. The molecule has 5 rings (SSSR count). The van der Waals surface area contributed by atoms with Gasteiger partial charge in [-0.1, -0.05) is 12.1 Å². The summed E-state index contributed by atoms with van der Waals surface area (Å²) in [6.45, 7) is 0.900. The molecule has 160 valence electrons. The zero-order valence-electron chi connectivity index (χ0n) is 17.7. The van der Waals surface area contributed by atoms with Crippen LogP contribution in [0.4, 0.5) is 11.4 Å². The summed E-state index contributed by atoms with van der Waals surface area (Å²) in [6, 6.07) is 15.6. The zero-order valence-corrected chi connectivity index (χ0v) is 17.7. The second-order valence-corrected chi connectivity index (χ2v) is 7.74. The highest BCUT2D eigenvalue weighted by Crippen LogP contribution is 2.30. The van der Waals surface area contributed by atoms with Crippen molar-refractivity contribution in [3.63, 3.8) is 0 Å². The van der Waals surface area contributed by atoms with E-state index in [1.807, 2.05) is 50.5 Å². The number of benzene rings is 2. The minimum atomic E-state index is -0.133. The largest absolute Gasteiger partial charge is 0.493 e. The molecule has 32 heavy (non-hydrogen) atoms. The summed E-state index contributed by atoms with van der Waals surface area (Å²) >= 11 is 0. The number of carbonyl (C=O) groups is 1. The van der Waals surface area contributed by atoms with Crippen molar-refractivity contribution in [1.82, 2.24) is 19.9 Å². The monoisotopic (exact) mass is 427 g/mol. The first-order valence-corrected chi connectivity index (χ1v) is 10.1. The van der Waals surface area contributed by atoms with E-state index < -0.39 is 0 Å². The van der Waals surface area contributed by atoms with Crippen LogP contribution in [0.3, 0.4) is 0 Å². The van der Waals surface area contributed by atoms with Crippen molar-refractivity contribution < 1.29 is 14.6 Å². The van der Waals surface area contributed by atoms with E-state index in [4.69, 9.17) is 4.74 Å². The Kier molecular flexibility index (Phi) is 4.82. The Hall–Kier alpha value is -4.20. The fourth-order valence-electron chi connectivity index (χ4n) is 3.78. The lowest BCUT2D eigenvalue weighted by atomic mass is 10.1. The molecule has 0 bridgehead atoms. The van der Waals surface area contributed by atoms with E-state index in [0.29, 0.717) is 17.4 Å². The predicted molar refractivity (Wildman–Crippen MR) is 120 cm³/mol. The van der Waals surface area contributed by atoms with Crippen molar-refractivity contribution in [2.45, 2.75) is 13.2 Å². The number of nitrogens with zero attached hydrogens (tertiary/aromatic N) is 5. The second-order valence-electron chi connectivity index (χ2n) is 7.74. The summed E-state index contributed by atoms with van der Waals surface area (Å²) in [6.07, 6.45) is 3.13. The van der Waals surface area contributed by atoms with Crippen LogP contribution in [0.15, 0.2) is 60.9 Å². The van der Waals surface area contributed by atoms with Crippen LogP contribution in [0.5, 0.6) is 11.9 Å². The number of carbonyl (C=O) groups excluding carboxylic acids is 1. The van der Waals surface area contributed by atoms with Gasteiger partial charge in [0.15, 0.2) is 0 Å². The topological polar surface area (TPSA) is 91.7 Å². The smallest absolute Gasteiger partial charge is 0.320 e. The number of pyridine rings is 1. The highest BCUT2D eigenvalue weighted by Gasteiger charge is 2.24. The molecule has 2 aromatic heterocycles. The molecule has 3 heterocycles. The minimum absolute atomic E-state index is 0.0681. The lowest BCUT2D eigenvalue weighted by Crippen LogP contribution is -2.17. The van der Waals surface area contributed by atoms with Gasteiger partial charge in [0, 0.05) is 43.8 Å². The molecule has 0 unspecified atom stereocenters. The third-order valence-corrected chi connectivity index (χ3v) is 5.61. The van der Waals surface area contributed by atoms with E-state index in [1.165, 1.54) is 0 Å². The van der Waals surface area contributed by atoms with E-state index in [2.05, 4.69) is 25.9 Å². The van der Waals surface area contributed by atoms with Crippen molar-refractivity contribution in [3.8, 4) is 11.9 Å². The molecule has 1 N–H and O–H groups in total. The van der Waals surface area contributed by atoms with Gasteiger partial charge in [0.05, 0.1) is 17.1 Å². The maximum absolute atomic E-state index is 12.1. The van der Waals surface area contributed by atoms with Gasteiger partial charge < -0.3 is 19.6 Å². The number of fused-ring (bicyclic) bond motifs is 2. The van der Waals surface area contributed by atoms with Crippen LogP contribution in [-0.4, -0.2) is 45.0 Å². The van der Waals surface area contributed by atoms with Crippen molar-refractivity contribution in [2.75, 3.05) is 19.0 Å². The number of rotatable bonds is 5. The Morgan fingerprint density at radius 2 is 1.88 bits per heavy atom. The van der Waals surface area contributed by atoms with Gasteiger partial charge in [-0.3, -0.25) is 9.78 Å². The number of aromatic nitrogens is 3. The Labute approximate surface area is 184 Å². The third kappa shape index (κ3) is 3.56. The van der Waals surface area contributed by atoms with Gasteiger partial charge in [-0.25, -0.2) is 0 Å². The molecule has 0 saturated heterocycles. The maximum Gasteiger partial charge on any atom is 0.320 e. The summed E-state index contributed by atoms with van der Waals surface area (Å²) in [4.78, 5) is 28.2. The average Bonchev–Trinajstić information content (AvgIpc) is 3.10. The molecule has 8 heteroatoms. The van der Waals surface area contributed by atoms with E-state index in [0.717, 1.165) is 28.1 Å². The van der Waals surface area contributed by atoms with E-state index in [9.17, 15) is 9.90 Å². The number of hydrogen-bond acceptors (Lipinski definition) is 7. The first-order chi connectivity index (χ1) is 15.5. The van der Waals surface area contributed by atoms with E-state index in [-0.39, 0.29) is 24.4 Å². The first kappa shape index (κ1) is 19.7. The third-order valence-electron chi connectivity index (χ3n) is 5.61. The Morgan fingerprint density at radius 3 is 2.69 bits per heavy atom. The molecule has 0 spiro atoms. The minimum Gasteiger partial charge on any atom is -0.493 e. The van der Waals surface area contributed by atoms with Crippen LogP contribution < -0.4 is 9.64 Å². The molecule has 8 nitrogen and oxygen atoms in total. The fourth-order valence-corrected chi connectivity index (χ4v) is 3.78. The molecule has 1 amide bonds. The van der Waals surface area contributed by atoms with Crippen molar-refractivity contribution in [3.05, 3.63) is 77.6 Å². The molecule has 0 aliphatic carbocycles. The van der Waals surface area contributed by atoms with Gasteiger partial charge in [-0.15, -0.1) is 0 Å². The number of amides is 1. The molecule has 2 aromatic carbocycles. The Balaban J connectivity index is 1.28. The highest BCUT2D eigenvalue weighted by atomic mass is 16.5. The quantitative estimate of drug-likeness (QED) is 0.520. The van der Waals surface area contributed by atoms with Crippen LogP contribution in [0, 0.1) is 0 Å². The maximum atomic E-state index is 12.1. The van der Waals surface area contributed by atoms with Crippen molar-refractivity contribution in [2.24, 2.45) is 0 Å². The molecule has 0 fully saturated rings. The lowest BCUT2D eigenvalue weighted by molar-refractivity contribution is 0.0816. The normalized spacial score (nSPS) is 12.8. The van der Waals surface area contributed by atoms with Crippen LogP contribution in [-0.2, 0) is 13.2 Å². The standard InChI is InChI=1S/C24H21N5O3/c1-28-13-16-11-18(7-8-19(16)23(28)31)29(2)17-5-3-15(4-6-17)14-32-24-26-21-12-25-10-9-20(21)22(30)27-24/h3-12H,13-14H2,1-2H3,(H,26,27,30). The van der Waals surface area contributed by atoms with Gasteiger partial charge in [0.2, 0.25) is 5.88 Å². The number of anilines is 2. The van der Waals surface area contributed by atoms with Gasteiger partial charge in [-0.05, 0) is 47.5 Å². The lowest BCUT2D eigenvalue weighted by Gasteiger charge is -2.20. The van der Waals surface area contributed by atoms with Crippen molar-refractivity contribution in [1.29, 1.82) is 0 Å². The number of hydrogen-bond donors (Lipinski definition) is 1. The summed E-state index contributed by atoms with van der Waals surface area (Å²) < 4.78 is 5.68. The molecule has 1 aliphatic heterocycles. The van der Waals surface area contributed by atoms with Crippen LogP contribution in [0.1, 0.15) is 21.5 Å². The summed E-state index contributed by atoms with van der Waals surface area (Å²) in [5, 5.41) is 10.6. The summed E-state index contributed by atoms with van der Waals surface area (Å²) in [5.41, 5.74) is 5.31. The number of aromatic hydroxyl groups is 1. The van der Waals surface area contributed by atoms with Gasteiger partial charge in [-0.2, -0.15) is 9.97 Å². The van der Waals surface area contributed by atoms with Crippen LogP contribution >= 0.6 is 0 Å². The molecular weight excluding hydrogens is 406 g/mol. The molecule has 1 aliphatic rings. The van der Waals surface area contributed by atoms with E-state index >= 15 is 0 Å². The summed E-state index contributed by atoms with van der Waals surface area (Å²) in [7, 11) is 3.81. The Bertz CT molecular complexity index is 1320. The van der Waals surface area contributed by atoms with Crippen LogP contribution in [0.2, 0.25) is 0 Å². The molecule has 4 aromatic rings. The molecular formula is C24H21N5O3. The average molecular weight is 427 g/mol. The van der Waals surface area contributed by atoms with Crippen LogP contribution in [0.25, 0.3) is 10.9 Å². The molecule has 0 atom stereocenters. The van der Waals surface area contributed by atoms with Gasteiger partial charge in [0.25, 0.3) is 5.91 Å². The van der Waals surface area contributed by atoms with E-state index in [1.54, 1.807) is 23.4 Å². The SMILES string of the molecule is CN1Cc2cc(N(C)c3ccc(COc4nc(O)c5ccncc5n4)cc3)ccc2C1=O. The first-order valence-electron chi connectivity index (χ1n) is 10.1. The van der Waals surface area contributed by atoms with Crippen molar-refractivity contribution >= 4 is 28.2 Å². The second kappa shape index (κ2) is 7.81. The summed E-state index contributed by atoms with van der Waals surface area (Å²) in [5.74, 6) is -0.0647.